The number of hydrogen-bond donors (Lipinski definition) is 0. The fourth-order valence-electron chi connectivity index (χ4n) is 7.33. The number of benzene rings is 2. The molecule has 0 saturated carbocycles. The van der Waals surface area contributed by atoms with E-state index in [1.807, 2.05) is 47.4 Å². The Hall–Kier alpha value is -4.40. The summed E-state index contributed by atoms with van der Waals surface area (Å²) in [5.41, 5.74) is 2.37. The molecular weight excluding hydrogens is 612 g/mol. The number of carbonyl (C=O) groups is 1. The molecule has 1 amide bonds. The van der Waals surface area contributed by atoms with E-state index in [9.17, 15) is 13.6 Å². The van der Waals surface area contributed by atoms with Gasteiger partial charge in [0.25, 0.3) is 5.91 Å². The summed E-state index contributed by atoms with van der Waals surface area (Å²) in [4.78, 5) is 35.9. The van der Waals surface area contributed by atoms with Crippen molar-refractivity contribution >= 4 is 45.1 Å². The van der Waals surface area contributed by atoms with Gasteiger partial charge in [0.15, 0.2) is 11.6 Å². The van der Waals surface area contributed by atoms with Crippen molar-refractivity contribution in [3.63, 3.8) is 0 Å². The van der Waals surface area contributed by atoms with Gasteiger partial charge < -0.3 is 19.4 Å². The monoisotopic (exact) mass is 643 g/mol. The van der Waals surface area contributed by atoms with Crippen LogP contribution in [0.25, 0.3) is 37.8 Å². The van der Waals surface area contributed by atoms with E-state index in [1.165, 1.54) is 4.90 Å². The number of piperazine rings is 1. The van der Waals surface area contributed by atoms with Crippen LogP contribution in [0.4, 0.5) is 14.6 Å². The van der Waals surface area contributed by atoms with Crippen molar-refractivity contribution in [3.8, 4) is 17.1 Å². The van der Waals surface area contributed by atoms with Crippen molar-refractivity contribution in [2.75, 3.05) is 50.8 Å². The van der Waals surface area contributed by atoms with Gasteiger partial charge >= 0.3 is 6.01 Å². The Balaban J connectivity index is 1.29. The maximum atomic E-state index is 14.5. The minimum absolute atomic E-state index is 0.00986. The summed E-state index contributed by atoms with van der Waals surface area (Å²) in [6.45, 7) is 12.8. The number of ether oxygens (including phenoxy) is 1. The zero-order chi connectivity index (χ0) is 32.0. The Morgan fingerprint density at radius 2 is 2.00 bits per heavy atom. The molecule has 3 atom stereocenters. The Bertz CT molecular complexity index is 1900. The molecule has 3 aliphatic heterocycles. The number of carbonyl (C=O) groups excluding carboxylic acids is 1. The van der Waals surface area contributed by atoms with E-state index >= 15 is 0 Å². The van der Waals surface area contributed by atoms with Crippen molar-refractivity contribution in [2.24, 2.45) is 0 Å². The first-order valence-electron chi connectivity index (χ1n) is 15.4. The smallest absolute Gasteiger partial charge is 0.319 e. The molecule has 2 aromatic heterocycles. The molecule has 0 radical (unpaired) electrons. The van der Waals surface area contributed by atoms with Gasteiger partial charge in [-0.25, -0.2) is 15.4 Å². The van der Waals surface area contributed by atoms with Crippen molar-refractivity contribution in [1.29, 1.82) is 0 Å². The van der Waals surface area contributed by atoms with Gasteiger partial charge in [-0.3, -0.25) is 14.7 Å². The molecule has 236 valence electrons. The Kier molecular flexibility index (Phi) is 7.95. The second kappa shape index (κ2) is 12.1. The average Bonchev–Trinajstić information content (AvgIpc) is 3.58. The van der Waals surface area contributed by atoms with Gasteiger partial charge in [-0.1, -0.05) is 48.5 Å². The first-order valence-corrected chi connectivity index (χ1v) is 15.7. The average molecular weight is 644 g/mol. The number of fused-ring (bicyclic) bond motifs is 3. The largest absolute Gasteiger partial charge is 0.461 e. The second-order valence-electron chi connectivity index (χ2n) is 12.3. The van der Waals surface area contributed by atoms with E-state index in [4.69, 9.17) is 37.9 Å². The van der Waals surface area contributed by atoms with Crippen LogP contribution >= 0.6 is 11.6 Å². The normalized spacial score (nSPS) is 23.1. The summed E-state index contributed by atoms with van der Waals surface area (Å²) < 4.78 is 34.6. The summed E-state index contributed by atoms with van der Waals surface area (Å²) in [5.74, 6) is -1.39. The fraction of sp³-hybridized carbons (Fsp3) is 0.382. The van der Waals surface area contributed by atoms with Gasteiger partial charge in [0.2, 0.25) is 6.54 Å². The number of anilines is 1. The highest BCUT2D eigenvalue weighted by atomic mass is 35.5. The molecule has 12 heteroatoms. The summed E-state index contributed by atoms with van der Waals surface area (Å²) in [6, 6.07) is 13.2. The number of aromatic nitrogens is 3. The van der Waals surface area contributed by atoms with Gasteiger partial charge in [-0.2, -0.15) is 9.97 Å². The van der Waals surface area contributed by atoms with E-state index in [1.54, 1.807) is 6.20 Å². The quantitative estimate of drug-likeness (QED) is 0.184. The van der Waals surface area contributed by atoms with E-state index in [0.29, 0.717) is 41.4 Å². The van der Waals surface area contributed by atoms with Gasteiger partial charge in [0, 0.05) is 54.8 Å². The summed E-state index contributed by atoms with van der Waals surface area (Å²) in [6.07, 6.45) is 3.10. The fourth-order valence-corrected chi connectivity index (χ4v) is 7.61. The first-order chi connectivity index (χ1) is 22.3. The van der Waals surface area contributed by atoms with Crippen LogP contribution < -0.4 is 9.64 Å². The van der Waals surface area contributed by atoms with Gasteiger partial charge in [0.05, 0.1) is 11.1 Å². The molecule has 3 saturated heterocycles. The Morgan fingerprint density at radius 1 is 1.17 bits per heavy atom. The number of rotatable bonds is 7. The Morgan fingerprint density at radius 3 is 2.80 bits per heavy atom. The topological polar surface area (TPSA) is 79.1 Å². The highest BCUT2D eigenvalue weighted by molar-refractivity contribution is 6.36. The second-order valence-corrected chi connectivity index (χ2v) is 12.7. The lowest BCUT2D eigenvalue weighted by Gasteiger charge is -2.39. The molecule has 0 aliphatic carbocycles. The molecule has 9 nitrogen and oxygen atoms in total. The van der Waals surface area contributed by atoms with Gasteiger partial charge in [-0.05, 0) is 42.5 Å². The summed E-state index contributed by atoms with van der Waals surface area (Å²) in [5, 5.41) is 2.52. The number of hydrogen-bond acceptors (Lipinski definition) is 7. The van der Waals surface area contributed by atoms with E-state index in [2.05, 4.69) is 16.3 Å². The van der Waals surface area contributed by atoms with Crippen LogP contribution in [0.15, 0.2) is 61.1 Å². The number of alkyl halides is 1. The zero-order valence-electron chi connectivity index (χ0n) is 25.1. The van der Waals surface area contributed by atoms with Crippen LogP contribution in [-0.4, -0.2) is 94.3 Å². The van der Waals surface area contributed by atoms with Crippen molar-refractivity contribution < 1.29 is 18.3 Å². The molecule has 0 spiro atoms. The van der Waals surface area contributed by atoms with Crippen LogP contribution in [0.1, 0.15) is 19.3 Å². The van der Waals surface area contributed by atoms with Crippen LogP contribution in [-0.2, 0) is 4.79 Å². The third-order valence-electron chi connectivity index (χ3n) is 9.47. The molecular formula is C34H32ClF2N7O2. The van der Waals surface area contributed by atoms with Gasteiger partial charge in [0.1, 0.15) is 24.3 Å². The number of halogens is 3. The molecule has 5 heterocycles. The number of amides is 1. The van der Waals surface area contributed by atoms with E-state index < -0.39 is 23.9 Å². The molecule has 4 aromatic rings. The SMILES string of the molecule is [C-]#[N+]C[C@H]1CN(c2nc(OCC34CCCN3C[C@H](F)C4)nc3cc(-c4cccc5cccc(Cl)c45)cnc23)CCN1C(=O)C(=C)F. The van der Waals surface area contributed by atoms with Crippen LogP contribution in [0, 0.1) is 6.57 Å². The molecule has 2 aromatic carbocycles. The first kappa shape index (κ1) is 30.3. The minimum atomic E-state index is -1.06. The third-order valence-corrected chi connectivity index (χ3v) is 9.78. The molecule has 1 unspecified atom stereocenters. The predicted molar refractivity (Wildman–Crippen MR) is 173 cm³/mol. The van der Waals surface area contributed by atoms with Gasteiger partial charge in [-0.15, -0.1) is 0 Å². The molecule has 7 rings (SSSR count). The molecule has 46 heavy (non-hydrogen) atoms. The Labute approximate surface area is 270 Å². The highest BCUT2D eigenvalue weighted by Crippen LogP contribution is 2.41. The van der Waals surface area contributed by atoms with Crippen molar-refractivity contribution in [3.05, 3.63) is 77.5 Å². The number of pyridine rings is 1. The maximum Gasteiger partial charge on any atom is 0.319 e. The van der Waals surface area contributed by atoms with Crippen LogP contribution in [0.3, 0.4) is 0 Å². The highest BCUT2D eigenvalue weighted by Gasteiger charge is 2.49. The number of nitrogens with zero attached hydrogens (tertiary/aromatic N) is 7. The van der Waals surface area contributed by atoms with E-state index in [0.717, 1.165) is 41.3 Å². The van der Waals surface area contributed by atoms with Crippen molar-refractivity contribution in [1.82, 2.24) is 24.8 Å². The lowest BCUT2D eigenvalue weighted by atomic mass is 9.95. The molecule has 3 aliphatic rings. The maximum absolute atomic E-state index is 14.5. The lowest BCUT2D eigenvalue weighted by Crippen LogP contribution is -2.56. The lowest BCUT2D eigenvalue weighted by molar-refractivity contribution is -0.131. The molecule has 0 bridgehead atoms. The summed E-state index contributed by atoms with van der Waals surface area (Å²) in [7, 11) is 0. The third kappa shape index (κ3) is 5.39. The standard InChI is InChI=1S/C34H32ClF2N7O2/c1-21(36)32(45)44-13-12-42(19-25(44)17-38-2)31-30-28(40-33(41-31)46-20-34-10-5-11-43(34)18-24(37)15-34)14-23(16-39-30)26-8-3-6-22-7-4-9-27(35)29(22)26/h3-4,6-9,14,16,24-25H,1,5,10-13,15,17-20H2/t24-,25+,34?/m1/s1. The summed E-state index contributed by atoms with van der Waals surface area (Å²) >= 11 is 6.65. The van der Waals surface area contributed by atoms with E-state index in [-0.39, 0.29) is 37.8 Å². The predicted octanol–water partition coefficient (Wildman–Crippen LogP) is 5.87. The minimum Gasteiger partial charge on any atom is -0.461 e. The molecule has 3 fully saturated rings. The van der Waals surface area contributed by atoms with Crippen LogP contribution in [0.2, 0.25) is 5.02 Å². The van der Waals surface area contributed by atoms with Crippen LogP contribution in [0.5, 0.6) is 6.01 Å². The zero-order valence-corrected chi connectivity index (χ0v) is 25.9. The van der Waals surface area contributed by atoms with Crippen molar-refractivity contribution in [2.45, 2.75) is 37.0 Å². The molecule has 0 N–H and O–H groups in total.